The smallest absolute Gasteiger partial charge is 0.0556 e. The van der Waals surface area contributed by atoms with Crippen LogP contribution in [0.25, 0.3) is 0 Å². The van der Waals surface area contributed by atoms with Crippen molar-refractivity contribution in [3.8, 4) is 0 Å². The van der Waals surface area contributed by atoms with E-state index in [4.69, 9.17) is 4.74 Å². The van der Waals surface area contributed by atoms with Gasteiger partial charge in [0.25, 0.3) is 0 Å². The molecular formula is C13H20BrNOS. The number of hydrogen-bond donors (Lipinski definition) is 1. The summed E-state index contributed by atoms with van der Waals surface area (Å²) in [6.45, 7) is 4.97. The van der Waals surface area contributed by atoms with Gasteiger partial charge in [0.1, 0.15) is 0 Å². The molecular weight excluding hydrogens is 298 g/mol. The van der Waals surface area contributed by atoms with Crippen LogP contribution in [-0.4, -0.2) is 26.0 Å². The highest BCUT2D eigenvalue weighted by Crippen LogP contribution is 2.25. The third-order valence-corrected chi connectivity index (χ3v) is 4.02. The van der Waals surface area contributed by atoms with Gasteiger partial charge in [0, 0.05) is 28.8 Å². The summed E-state index contributed by atoms with van der Waals surface area (Å²) in [5.74, 6) is 0.996. The van der Waals surface area contributed by atoms with E-state index in [9.17, 15) is 0 Å². The summed E-state index contributed by atoms with van der Waals surface area (Å²) in [5, 5.41) is 3.41. The Hall–Kier alpha value is -0.0300. The standard InChI is InChI=1S/C13H20BrNOS/c1-3-6-15-10-11-4-5-12(9-13(11)14)17-8-7-16-2/h4-5,9,15H,3,6-8,10H2,1-2H3. The SMILES string of the molecule is CCCNCc1ccc(SCCOC)cc1Br. The van der Waals surface area contributed by atoms with E-state index in [1.165, 1.54) is 21.4 Å². The summed E-state index contributed by atoms with van der Waals surface area (Å²) in [4.78, 5) is 1.29. The monoisotopic (exact) mass is 317 g/mol. The van der Waals surface area contributed by atoms with Crippen LogP contribution in [-0.2, 0) is 11.3 Å². The first-order valence-electron chi connectivity index (χ1n) is 5.88. The highest BCUT2D eigenvalue weighted by Gasteiger charge is 2.01. The van der Waals surface area contributed by atoms with Gasteiger partial charge in [-0.2, -0.15) is 0 Å². The van der Waals surface area contributed by atoms with Gasteiger partial charge < -0.3 is 10.1 Å². The lowest BCUT2D eigenvalue weighted by Gasteiger charge is -2.08. The predicted molar refractivity (Wildman–Crippen MR) is 78.7 cm³/mol. The zero-order chi connectivity index (χ0) is 12.5. The summed E-state index contributed by atoms with van der Waals surface area (Å²) in [5.41, 5.74) is 1.31. The zero-order valence-corrected chi connectivity index (χ0v) is 12.9. The molecule has 17 heavy (non-hydrogen) atoms. The van der Waals surface area contributed by atoms with Crippen LogP contribution in [0.15, 0.2) is 27.6 Å². The molecule has 0 fully saturated rings. The molecule has 0 radical (unpaired) electrons. The van der Waals surface area contributed by atoms with Gasteiger partial charge in [-0.3, -0.25) is 0 Å². The Balaban J connectivity index is 2.47. The van der Waals surface area contributed by atoms with Crippen LogP contribution >= 0.6 is 27.7 Å². The molecule has 96 valence electrons. The highest BCUT2D eigenvalue weighted by atomic mass is 79.9. The third-order valence-electron chi connectivity index (χ3n) is 2.32. The highest BCUT2D eigenvalue weighted by molar-refractivity contribution is 9.10. The van der Waals surface area contributed by atoms with Crippen LogP contribution in [0.3, 0.4) is 0 Å². The number of benzene rings is 1. The Kier molecular flexibility index (Phi) is 7.93. The lowest BCUT2D eigenvalue weighted by atomic mass is 10.2. The van der Waals surface area contributed by atoms with Crippen LogP contribution in [0.4, 0.5) is 0 Å². The molecule has 0 atom stereocenters. The van der Waals surface area contributed by atoms with Crippen LogP contribution < -0.4 is 5.32 Å². The number of methoxy groups -OCH3 is 1. The number of halogens is 1. The lowest BCUT2D eigenvalue weighted by Crippen LogP contribution is -2.14. The molecule has 1 aromatic carbocycles. The quantitative estimate of drug-likeness (QED) is 0.583. The Morgan fingerprint density at radius 1 is 1.41 bits per heavy atom. The summed E-state index contributed by atoms with van der Waals surface area (Å²) < 4.78 is 6.22. The molecule has 0 spiro atoms. The second-order valence-electron chi connectivity index (χ2n) is 3.77. The molecule has 0 aromatic heterocycles. The molecule has 1 N–H and O–H groups in total. The second kappa shape index (κ2) is 8.97. The van der Waals surface area contributed by atoms with E-state index in [1.807, 2.05) is 11.8 Å². The van der Waals surface area contributed by atoms with Gasteiger partial charge in [-0.1, -0.05) is 28.9 Å². The maximum absolute atomic E-state index is 5.04. The minimum Gasteiger partial charge on any atom is -0.384 e. The molecule has 1 rings (SSSR count). The third kappa shape index (κ3) is 5.91. The van der Waals surface area contributed by atoms with Crippen molar-refractivity contribution in [3.63, 3.8) is 0 Å². The topological polar surface area (TPSA) is 21.3 Å². The molecule has 0 aliphatic carbocycles. The molecule has 2 nitrogen and oxygen atoms in total. The predicted octanol–water partition coefficient (Wildman–Crippen LogP) is 3.69. The zero-order valence-electron chi connectivity index (χ0n) is 10.5. The molecule has 0 heterocycles. The van der Waals surface area contributed by atoms with Crippen molar-refractivity contribution >= 4 is 27.7 Å². The first kappa shape index (κ1) is 15.0. The van der Waals surface area contributed by atoms with Crippen LogP contribution in [0.5, 0.6) is 0 Å². The average molecular weight is 318 g/mol. The molecule has 0 unspecified atom stereocenters. The van der Waals surface area contributed by atoms with Crippen molar-refractivity contribution in [2.24, 2.45) is 0 Å². The van der Waals surface area contributed by atoms with Crippen LogP contribution in [0.2, 0.25) is 0 Å². The first-order chi connectivity index (χ1) is 8.27. The molecule has 0 aliphatic heterocycles. The summed E-state index contributed by atoms with van der Waals surface area (Å²) in [6, 6.07) is 6.54. The maximum Gasteiger partial charge on any atom is 0.0556 e. The number of thioether (sulfide) groups is 1. The van der Waals surface area contributed by atoms with Gasteiger partial charge in [-0.05, 0) is 30.7 Å². The van der Waals surface area contributed by atoms with Gasteiger partial charge >= 0.3 is 0 Å². The van der Waals surface area contributed by atoms with Crippen LogP contribution in [0, 0.1) is 0 Å². The molecule has 0 saturated carbocycles. The summed E-state index contributed by atoms with van der Waals surface area (Å²) >= 11 is 5.44. The van der Waals surface area contributed by atoms with E-state index in [1.54, 1.807) is 7.11 Å². The Morgan fingerprint density at radius 3 is 2.88 bits per heavy atom. The molecule has 1 aromatic rings. The molecule has 0 saturated heterocycles. The van der Waals surface area contributed by atoms with Gasteiger partial charge in [-0.15, -0.1) is 11.8 Å². The first-order valence-corrected chi connectivity index (χ1v) is 7.66. The fourth-order valence-corrected chi connectivity index (χ4v) is 2.93. The summed E-state index contributed by atoms with van der Waals surface area (Å²) in [7, 11) is 1.74. The Morgan fingerprint density at radius 2 is 2.24 bits per heavy atom. The van der Waals surface area contributed by atoms with E-state index in [2.05, 4.69) is 46.4 Å². The number of ether oxygens (including phenoxy) is 1. The van der Waals surface area contributed by atoms with Crippen molar-refractivity contribution in [1.82, 2.24) is 5.32 Å². The molecule has 0 bridgehead atoms. The van der Waals surface area contributed by atoms with E-state index in [0.717, 1.165) is 25.4 Å². The van der Waals surface area contributed by atoms with Gasteiger partial charge in [0.15, 0.2) is 0 Å². The van der Waals surface area contributed by atoms with Gasteiger partial charge in [0.2, 0.25) is 0 Å². The molecule has 0 amide bonds. The lowest BCUT2D eigenvalue weighted by molar-refractivity contribution is 0.218. The van der Waals surface area contributed by atoms with Crippen molar-refractivity contribution in [2.45, 2.75) is 24.8 Å². The minimum atomic E-state index is 0.794. The van der Waals surface area contributed by atoms with Crippen LogP contribution in [0.1, 0.15) is 18.9 Å². The van der Waals surface area contributed by atoms with Gasteiger partial charge in [0.05, 0.1) is 6.61 Å². The fraction of sp³-hybridized carbons (Fsp3) is 0.538. The van der Waals surface area contributed by atoms with E-state index in [0.29, 0.717) is 0 Å². The van der Waals surface area contributed by atoms with E-state index >= 15 is 0 Å². The van der Waals surface area contributed by atoms with Crippen molar-refractivity contribution in [1.29, 1.82) is 0 Å². The number of nitrogens with one attached hydrogen (secondary N) is 1. The number of hydrogen-bond acceptors (Lipinski definition) is 3. The number of rotatable bonds is 8. The maximum atomic E-state index is 5.04. The van der Waals surface area contributed by atoms with Gasteiger partial charge in [-0.25, -0.2) is 0 Å². The Bertz CT molecular complexity index is 333. The largest absolute Gasteiger partial charge is 0.384 e. The second-order valence-corrected chi connectivity index (χ2v) is 5.79. The average Bonchev–Trinajstić information content (AvgIpc) is 2.32. The van der Waals surface area contributed by atoms with Crippen molar-refractivity contribution in [3.05, 3.63) is 28.2 Å². The van der Waals surface area contributed by atoms with Crippen molar-refractivity contribution < 1.29 is 4.74 Å². The fourth-order valence-electron chi connectivity index (χ4n) is 1.40. The minimum absolute atomic E-state index is 0.794. The molecule has 0 aliphatic rings. The normalized spacial score (nSPS) is 10.8. The van der Waals surface area contributed by atoms with E-state index < -0.39 is 0 Å². The molecule has 4 heteroatoms. The Labute approximate surface area is 117 Å². The van der Waals surface area contributed by atoms with Crippen molar-refractivity contribution in [2.75, 3.05) is 26.0 Å². The summed E-state index contributed by atoms with van der Waals surface area (Å²) in [6.07, 6.45) is 1.17. The van der Waals surface area contributed by atoms with E-state index in [-0.39, 0.29) is 0 Å².